The van der Waals surface area contributed by atoms with Gasteiger partial charge in [0.25, 0.3) is 11.8 Å². The van der Waals surface area contributed by atoms with Crippen molar-refractivity contribution >= 4 is 11.6 Å². The first kappa shape index (κ1) is 16.2. The standard InChI is InChI=1S/C15H13F3N2O4/c1-7-12(14(20-24-7)23-15(17)18)19-13(21)10-5-3-8-2-4-9(16)6-11(8)22-10/h2,4,6,10,15H,3,5H2,1H3,(H,19,21). The smallest absolute Gasteiger partial charge is 0.388 e. The number of aromatic nitrogens is 1. The Balaban J connectivity index is 1.73. The third-order valence-electron chi connectivity index (χ3n) is 3.55. The Hall–Kier alpha value is -2.71. The highest BCUT2D eigenvalue weighted by Crippen LogP contribution is 2.31. The molecular formula is C15H13F3N2O4. The number of carbonyl (C=O) groups excluding carboxylic acids is 1. The van der Waals surface area contributed by atoms with Gasteiger partial charge in [0.1, 0.15) is 17.3 Å². The number of ether oxygens (including phenoxy) is 2. The highest BCUT2D eigenvalue weighted by molar-refractivity contribution is 5.96. The molecule has 0 saturated heterocycles. The molecule has 1 atom stereocenters. The van der Waals surface area contributed by atoms with E-state index in [0.29, 0.717) is 12.8 Å². The molecule has 0 saturated carbocycles. The number of hydrogen-bond acceptors (Lipinski definition) is 5. The Morgan fingerprint density at radius 1 is 1.46 bits per heavy atom. The van der Waals surface area contributed by atoms with Crippen LogP contribution >= 0.6 is 0 Å². The molecule has 9 heteroatoms. The lowest BCUT2D eigenvalue weighted by Crippen LogP contribution is -2.36. The van der Waals surface area contributed by atoms with E-state index in [0.717, 1.165) is 5.56 Å². The summed E-state index contributed by atoms with van der Waals surface area (Å²) in [6.45, 7) is -1.67. The molecule has 128 valence electrons. The molecule has 1 amide bonds. The summed E-state index contributed by atoms with van der Waals surface area (Å²) in [5.74, 6) is -1.18. The van der Waals surface area contributed by atoms with Gasteiger partial charge < -0.3 is 19.3 Å². The van der Waals surface area contributed by atoms with E-state index in [2.05, 4.69) is 15.2 Å². The normalized spacial score (nSPS) is 16.5. The molecule has 3 rings (SSSR count). The van der Waals surface area contributed by atoms with Crippen LogP contribution in [0.5, 0.6) is 11.6 Å². The monoisotopic (exact) mass is 342 g/mol. The van der Waals surface area contributed by atoms with E-state index in [9.17, 15) is 18.0 Å². The van der Waals surface area contributed by atoms with E-state index in [1.807, 2.05) is 0 Å². The van der Waals surface area contributed by atoms with E-state index in [-0.39, 0.29) is 17.2 Å². The van der Waals surface area contributed by atoms with E-state index in [4.69, 9.17) is 9.26 Å². The van der Waals surface area contributed by atoms with Crippen molar-refractivity contribution in [2.24, 2.45) is 0 Å². The van der Waals surface area contributed by atoms with Gasteiger partial charge in [0.05, 0.1) is 0 Å². The highest BCUT2D eigenvalue weighted by atomic mass is 19.3. The van der Waals surface area contributed by atoms with Gasteiger partial charge in [0, 0.05) is 6.07 Å². The van der Waals surface area contributed by atoms with Gasteiger partial charge in [0.15, 0.2) is 11.9 Å². The first-order valence-electron chi connectivity index (χ1n) is 7.11. The molecule has 0 aliphatic carbocycles. The van der Waals surface area contributed by atoms with Crippen LogP contribution < -0.4 is 14.8 Å². The van der Waals surface area contributed by atoms with Crippen molar-refractivity contribution < 1.29 is 32.0 Å². The fraction of sp³-hybridized carbons (Fsp3) is 0.333. The van der Waals surface area contributed by atoms with Gasteiger partial charge in [-0.1, -0.05) is 6.07 Å². The summed E-state index contributed by atoms with van der Waals surface area (Å²) in [7, 11) is 0. The van der Waals surface area contributed by atoms with Crippen molar-refractivity contribution in [2.45, 2.75) is 32.5 Å². The molecule has 0 bridgehead atoms. The van der Waals surface area contributed by atoms with Crippen molar-refractivity contribution in [1.82, 2.24) is 5.16 Å². The molecule has 2 heterocycles. The maximum Gasteiger partial charge on any atom is 0.388 e. The summed E-state index contributed by atoms with van der Waals surface area (Å²) in [6, 6.07) is 4.11. The zero-order chi connectivity index (χ0) is 17.3. The summed E-state index contributed by atoms with van der Waals surface area (Å²) in [5, 5.41) is 5.73. The average Bonchev–Trinajstić information content (AvgIpc) is 2.86. The number of halogens is 3. The first-order chi connectivity index (χ1) is 11.4. The predicted octanol–water partition coefficient (Wildman–Crippen LogP) is 3.06. The second-order valence-electron chi connectivity index (χ2n) is 5.18. The van der Waals surface area contributed by atoms with Gasteiger partial charge >= 0.3 is 6.61 Å². The van der Waals surface area contributed by atoms with E-state index in [1.165, 1.54) is 19.1 Å². The lowest BCUT2D eigenvalue weighted by Gasteiger charge is -2.25. The van der Waals surface area contributed by atoms with Crippen LogP contribution in [0.15, 0.2) is 22.7 Å². The Morgan fingerprint density at radius 3 is 3.00 bits per heavy atom. The number of nitrogens with zero attached hydrogens (tertiary/aromatic N) is 1. The van der Waals surface area contributed by atoms with Crippen molar-refractivity contribution in [3.8, 4) is 11.6 Å². The van der Waals surface area contributed by atoms with Crippen LogP contribution in [-0.4, -0.2) is 23.8 Å². The van der Waals surface area contributed by atoms with Gasteiger partial charge in [-0.05, 0) is 36.6 Å². The van der Waals surface area contributed by atoms with E-state index < -0.39 is 30.3 Å². The number of amides is 1. The summed E-state index contributed by atoms with van der Waals surface area (Å²) in [6.07, 6.45) is -0.00991. The second-order valence-corrected chi connectivity index (χ2v) is 5.18. The fourth-order valence-electron chi connectivity index (χ4n) is 2.39. The van der Waals surface area contributed by atoms with Crippen LogP contribution in [-0.2, 0) is 11.2 Å². The summed E-state index contributed by atoms with van der Waals surface area (Å²) < 4.78 is 52.3. The van der Waals surface area contributed by atoms with Crippen molar-refractivity contribution in [2.75, 3.05) is 5.32 Å². The maximum absolute atomic E-state index is 13.3. The Bertz CT molecular complexity index is 763. The first-order valence-corrected chi connectivity index (χ1v) is 7.11. The van der Waals surface area contributed by atoms with Crippen LogP contribution in [0.25, 0.3) is 0 Å². The van der Waals surface area contributed by atoms with Crippen molar-refractivity contribution in [1.29, 1.82) is 0 Å². The number of anilines is 1. The molecule has 0 radical (unpaired) electrons. The molecule has 1 aliphatic heterocycles. The van der Waals surface area contributed by atoms with Gasteiger partial charge in [-0.3, -0.25) is 4.79 Å². The topological polar surface area (TPSA) is 73.6 Å². The fourth-order valence-corrected chi connectivity index (χ4v) is 2.39. The van der Waals surface area contributed by atoms with Gasteiger partial charge in [-0.2, -0.15) is 8.78 Å². The number of benzene rings is 1. The molecule has 1 N–H and O–H groups in total. The van der Waals surface area contributed by atoms with Crippen molar-refractivity contribution in [3.63, 3.8) is 0 Å². The largest absolute Gasteiger partial charge is 0.480 e. The van der Waals surface area contributed by atoms with Gasteiger partial charge in [0.2, 0.25) is 0 Å². The number of hydrogen-bond donors (Lipinski definition) is 1. The Labute approximate surface area is 134 Å². The average molecular weight is 342 g/mol. The molecular weight excluding hydrogens is 329 g/mol. The molecule has 0 spiro atoms. The quantitative estimate of drug-likeness (QED) is 0.924. The minimum Gasteiger partial charge on any atom is -0.480 e. The number of alkyl halides is 2. The molecule has 24 heavy (non-hydrogen) atoms. The summed E-state index contributed by atoms with van der Waals surface area (Å²) in [5.41, 5.74) is 0.706. The molecule has 2 aromatic rings. The highest BCUT2D eigenvalue weighted by Gasteiger charge is 2.29. The summed E-state index contributed by atoms with van der Waals surface area (Å²) in [4.78, 5) is 12.3. The Morgan fingerprint density at radius 2 is 2.25 bits per heavy atom. The molecule has 1 unspecified atom stereocenters. The lowest BCUT2D eigenvalue weighted by molar-refractivity contribution is -0.123. The number of fused-ring (bicyclic) bond motifs is 1. The lowest BCUT2D eigenvalue weighted by atomic mass is 10.0. The van der Waals surface area contributed by atoms with Crippen LogP contribution in [0.4, 0.5) is 18.9 Å². The third kappa shape index (κ3) is 3.29. The van der Waals surface area contributed by atoms with Gasteiger partial charge in [-0.25, -0.2) is 4.39 Å². The SMILES string of the molecule is Cc1onc(OC(F)F)c1NC(=O)C1CCc2ccc(F)cc2O1. The maximum atomic E-state index is 13.3. The second kappa shape index (κ2) is 6.42. The number of carbonyl (C=O) groups is 1. The van der Waals surface area contributed by atoms with E-state index >= 15 is 0 Å². The summed E-state index contributed by atoms with van der Waals surface area (Å²) >= 11 is 0. The van der Waals surface area contributed by atoms with Crippen molar-refractivity contribution in [3.05, 3.63) is 35.3 Å². The molecule has 6 nitrogen and oxygen atoms in total. The van der Waals surface area contributed by atoms with E-state index in [1.54, 1.807) is 6.07 Å². The number of nitrogens with one attached hydrogen (secondary N) is 1. The predicted molar refractivity (Wildman–Crippen MR) is 75.6 cm³/mol. The van der Waals surface area contributed by atoms with Crippen LogP contribution in [0.2, 0.25) is 0 Å². The van der Waals surface area contributed by atoms with Crippen LogP contribution in [0.1, 0.15) is 17.7 Å². The number of aryl methyl sites for hydroxylation is 2. The zero-order valence-electron chi connectivity index (χ0n) is 12.5. The van der Waals surface area contributed by atoms with Crippen LogP contribution in [0, 0.1) is 12.7 Å². The minimum absolute atomic E-state index is 0.0889. The minimum atomic E-state index is -3.11. The molecule has 1 aliphatic rings. The third-order valence-corrected chi connectivity index (χ3v) is 3.55. The molecule has 0 fully saturated rings. The van der Waals surface area contributed by atoms with Crippen LogP contribution in [0.3, 0.4) is 0 Å². The zero-order valence-corrected chi connectivity index (χ0v) is 12.5. The Kier molecular flexibility index (Phi) is 4.32. The molecule has 1 aromatic carbocycles. The van der Waals surface area contributed by atoms with Gasteiger partial charge in [-0.15, -0.1) is 0 Å². The molecule has 1 aromatic heterocycles. The number of rotatable bonds is 4.